The Morgan fingerprint density at radius 3 is 2.75 bits per heavy atom. The van der Waals surface area contributed by atoms with Crippen LogP contribution in [0.1, 0.15) is 52.9 Å². The fourth-order valence-electron chi connectivity index (χ4n) is 2.64. The molecule has 2 unspecified atom stereocenters. The van der Waals surface area contributed by atoms with Crippen molar-refractivity contribution in [3.63, 3.8) is 0 Å². The maximum atomic E-state index is 11.9. The van der Waals surface area contributed by atoms with Crippen LogP contribution in [0.4, 0.5) is 0 Å². The topological polar surface area (TPSA) is 29.5 Å². The van der Waals surface area contributed by atoms with Crippen LogP contribution in [0.2, 0.25) is 0 Å². The molecule has 0 aromatic rings. The van der Waals surface area contributed by atoms with Gasteiger partial charge in [-0.1, -0.05) is 20.3 Å². The van der Waals surface area contributed by atoms with E-state index in [1.807, 2.05) is 6.92 Å². The Kier molecular flexibility index (Phi) is 5.81. The molecule has 2 atom stereocenters. The van der Waals surface area contributed by atoms with Crippen LogP contribution in [0.15, 0.2) is 0 Å². The van der Waals surface area contributed by atoms with E-state index in [-0.39, 0.29) is 12.0 Å². The summed E-state index contributed by atoms with van der Waals surface area (Å²) in [4.78, 5) is 14.3. The Hall–Kier alpha value is -0.570. The summed E-state index contributed by atoms with van der Waals surface area (Å²) in [7, 11) is 0. The Bertz CT molecular complexity index is 218. The molecule has 1 aliphatic rings. The van der Waals surface area contributed by atoms with Gasteiger partial charge in [0, 0.05) is 6.04 Å². The number of carbonyl (C=O) groups excluding carboxylic acids is 1. The predicted octanol–water partition coefficient (Wildman–Crippen LogP) is 2.59. The van der Waals surface area contributed by atoms with Crippen LogP contribution < -0.4 is 0 Å². The van der Waals surface area contributed by atoms with Crippen molar-refractivity contribution in [2.75, 3.05) is 13.2 Å². The summed E-state index contributed by atoms with van der Waals surface area (Å²) in [5, 5.41) is 0. The molecule has 1 fully saturated rings. The highest BCUT2D eigenvalue weighted by Gasteiger charge is 2.33. The number of ether oxygens (including phenoxy) is 1. The average molecular weight is 227 g/mol. The smallest absolute Gasteiger partial charge is 0.323 e. The summed E-state index contributed by atoms with van der Waals surface area (Å²) in [5.74, 6) is -0.0234. The van der Waals surface area contributed by atoms with E-state index in [1.165, 1.54) is 12.8 Å². The molecule has 0 amide bonds. The molecule has 0 aromatic heterocycles. The summed E-state index contributed by atoms with van der Waals surface area (Å²) >= 11 is 0. The highest BCUT2D eigenvalue weighted by atomic mass is 16.5. The minimum Gasteiger partial charge on any atom is -0.465 e. The standard InChI is InChI=1S/C13H25NO2/c1-4-8-12(13(15)16-6-3)14-10-7-9-11(14)5-2/h11-12H,4-10H2,1-3H3. The fraction of sp³-hybridized carbons (Fsp3) is 0.923. The van der Waals surface area contributed by atoms with Gasteiger partial charge in [0.2, 0.25) is 0 Å². The monoisotopic (exact) mass is 227 g/mol. The van der Waals surface area contributed by atoms with E-state index in [0.29, 0.717) is 12.6 Å². The maximum absolute atomic E-state index is 11.9. The van der Waals surface area contributed by atoms with Gasteiger partial charge < -0.3 is 4.74 Å². The van der Waals surface area contributed by atoms with Crippen molar-refractivity contribution in [2.45, 2.75) is 65.0 Å². The van der Waals surface area contributed by atoms with Gasteiger partial charge in [0.05, 0.1) is 6.61 Å². The van der Waals surface area contributed by atoms with Gasteiger partial charge in [-0.2, -0.15) is 0 Å². The Morgan fingerprint density at radius 2 is 2.19 bits per heavy atom. The van der Waals surface area contributed by atoms with E-state index in [2.05, 4.69) is 18.7 Å². The molecule has 0 radical (unpaired) electrons. The molecule has 0 spiro atoms. The van der Waals surface area contributed by atoms with Gasteiger partial charge in [0.15, 0.2) is 0 Å². The number of rotatable bonds is 6. The van der Waals surface area contributed by atoms with Crippen molar-refractivity contribution in [2.24, 2.45) is 0 Å². The minimum absolute atomic E-state index is 0.00241. The first-order valence-corrected chi connectivity index (χ1v) is 6.66. The van der Waals surface area contributed by atoms with E-state index in [0.717, 1.165) is 25.8 Å². The number of carbonyl (C=O) groups is 1. The van der Waals surface area contributed by atoms with Crippen LogP contribution in [-0.2, 0) is 9.53 Å². The maximum Gasteiger partial charge on any atom is 0.323 e. The lowest BCUT2D eigenvalue weighted by molar-refractivity contribution is -0.150. The Morgan fingerprint density at radius 1 is 1.44 bits per heavy atom. The molecular formula is C13H25NO2. The number of likely N-dealkylation sites (tertiary alicyclic amines) is 1. The lowest BCUT2D eigenvalue weighted by Gasteiger charge is -2.30. The summed E-state index contributed by atoms with van der Waals surface area (Å²) in [5.41, 5.74) is 0. The molecule has 0 bridgehead atoms. The first-order valence-electron chi connectivity index (χ1n) is 6.66. The SMILES string of the molecule is CCCC(C(=O)OCC)N1CCCC1CC. The molecule has 3 heteroatoms. The second-order valence-electron chi connectivity index (χ2n) is 4.50. The van der Waals surface area contributed by atoms with Crippen LogP contribution >= 0.6 is 0 Å². The van der Waals surface area contributed by atoms with Crippen molar-refractivity contribution in [1.82, 2.24) is 4.90 Å². The van der Waals surface area contributed by atoms with E-state index >= 15 is 0 Å². The molecule has 0 N–H and O–H groups in total. The molecule has 3 nitrogen and oxygen atoms in total. The average Bonchev–Trinajstić information content (AvgIpc) is 2.73. The van der Waals surface area contributed by atoms with Gasteiger partial charge >= 0.3 is 5.97 Å². The number of hydrogen-bond donors (Lipinski definition) is 0. The van der Waals surface area contributed by atoms with Crippen LogP contribution in [0, 0.1) is 0 Å². The zero-order chi connectivity index (χ0) is 12.0. The van der Waals surface area contributed by atoms with Gasteiger partial charge in [0.25, 0.3) is 0 Å². The first kappa shape index (κ1) is 13.5. The molecule has 1 aliphatic heterocycles. The van der Waals surface area contributed by atoms with Gasteiger partial charge in [-0.25, -0.2) is 0 Å². The summed E-state index contributed by atoms with van der Waals surface area (Å²) in [6.07, 6.45) is 5.56. The zero-order valence-corrected chi connectivity index (χ0v) is 10.9. The second-order valence-corrected chi connectivity index (χ2v) is 4.50. The Labute approximate surface area is 99.1 Å². The van der Waals surface area contributed by atoms with Crippen LogP contribution in [0.25, 0.3) is 0 Å². The highest BCUT2D eigenvalue weighted by molar-refractivity contribution is 5.75. The molecule has 0 aliphatic carbocycles. The normalized spacial score (nSPS) is 23.3. The van der Waals surface area contributed by atoms with Crippen molar-refractivity contribution in [3.05, 3.63) is 0 Å². The van der Waals surface area contributed by atoms with Crippen molar-refractivity contribution in [3.8, 4) is 0 Å². The molecule has 0 aromatic carbocycles. The highest BCUT2D eigenvalue weighted by Crippen LogP contribution is 2.25. The van der Waals surface area contributed by atoms with E-state index in [1.54, 1.807) is 0 Å². The first-order chi connectivity index (χ1) is 7.74. The molecule has 0 saturated carbocycles. The van der Waals surface area contributed by atoms with Crippen LogP contribution in [0.5, 0.6) is 0 Å². The lowest BCUT2D eigenvalue weighted by Crippen LogP contribution is -2.44. The molecular weight excluding hydrogens is 202 g/mol. The third-order valence-corrected chi connectivity index (χ3v) is 3.42. The van der Waals surface area contributed by atoms with Crippen LogP contribution in [-0.4, -0.2) is 36.1 Å². The van der Waals surface area contributed by atoms with Crippen LogP contribution in [0.3, 0.4) is 0 Å². The van der Waals surface area contributed by atoms with E-state index in [4.69, 9.17) is 4.74 Å². The molecule has 16 heavy (non-hydrogen) atoms. The van der Waals surface area contributed by atoms with E-state index < -0.39 is 0 Å². The Balaban J connectivity index is 2.64. The van der Waals surface area contributed by atoms with E-state index in [9.17, 15) is 4.79 Å². The molecule has 1 heterocycles. The third kappa shape index (κ3) is 3.21. The number of esters is 1. The molecule has 1 saturated heterocycles. The van der Waals surface area contributed by atoms with Gasteiger partial charge in [-0.15, -0.1) is 0 Å². The fourth-order valence-corrected chi connectivity index (χ4v) is 2.64. The zero-order valence-electron chi connectivity index (χ0n) is 10.9. The van der Waals surface area contributed by atoms with Gasteiger partial charge in [-0.3, -0.25) is 9.69 Å². The minimum atomic E-state index is -0.0234. The quantitative estimate of drug-likeness (QED) is 0.653. The molecule has 94 valence electrons. The number of hydrogen-bond acceptors (Lipinski definition) is 3. The van der Waals surface area contributed by atoms with Crippen molar-refractivity contribution >= 4 is 5.97 Å². The number of nitrogens with zero attached hydrogens (tertiary/aromatic N) is 1. The van der Waals surface area contributed by atoms with Crippen molar-refractivity contribution in [1.29, 1.82) is 0 Å². The van der Waals surface area contributed by atoms with Crippen molar-refractivity contribution < 1.29 is 9.53 Å². The second kappa shape index (κ2) is 6.89. The largest absolute Gasteiger partial charge is 0.465 e. The lowest BCUT2D eigenvalue weighted by atomic mass is 10.1. The predicted molar refractivity (Wildman–Crippen MR) is 65.3 cm³/mol. The summed E-state index contributed by atoms with van der Waals surface area (Å²) in [6.45, 7) is 7.76. The van der Waals surface area contributed by atoms with Gasteiger partial charge in [0.1, 0.15) is 6.04 Å². The summed E-state index contributed by atoms with van der Waals surface area (Å²) in [6, 6.07) is 0.582. The van der Waals surface area contributed by atoms with Gasteiger partial charge in [-0.05, 0) is 39.2 Å². The summed E-state index contributed by atoms with van der Waals surface area (Å²) < 4.78 is 5.18. The third-order valence-electron chi connectivity index (χ3n) is 3.42. The molecule has 1 rings (SSSR count).